The van der Waals surface area contributed by atoms with Crippen LogP contribution in [0.1, 0.15) is 43.8 Å². The second-order valence-electron chi connectivity index (χ2n) is 4.82. The van der Waals surface area contributed by atoms with Crippen molar-refractivity contribution in [1.29, 1.82) is 0 Å². The first kappa shape index (κ1) is 13.9. The summed E-state index contributed by atoms with van der Waals surface area (Å²) in [6.07, 6.45) is 8.99. The van der Waals surface area contributed by atoms with Crippen molar-refractivity contribution in [3.63, 3.8) is 0 Å². The molecule has 2 rings (SSSR count). The zero-order valence-electron chi connectivity index (χ0n) is 11.9. The normalized spacial score (nSPS) is 11.1. The Labute approximate surface area is 114 Å². The molecule has 2 aromatic rings. The molecule has 4 nitrogen and oxygen atoms in total. The zero-order valence-corrected chi connectivity index (χ0v) is 11.9. The van der Waals surface area contributed by atoms with E-state index in [-0.39, 0.29) is 0 Å². The van der Waals surface area contributed by atoms with E-state index in [2.05, 4.69) is 34.8 Å². The molecule has 2 aromatic heterocycles. The average Bonchev–Trinajstić information content (AvgIpc) is 3.02. The van der Waals surface area contributed by atoms with Gasteiger partial charge >= 0.3 is 0 Å². The topological polar surface area (TPSA) is 43.0 Å². The predicted octanol–water partition coefficient (Wildman–Crippen LogP) is 2.98. The standard InChI is InChI=1S/C15H23N3O/c1-3-5-15-17-7-8-18(15)11-14-9-13(12-19-14)10-16-6-4-2/h7-9,12,16H,3-6,10-11H2,1-2H3. The third-order valence-electron chi connectivity index (χ3n) is 3.07. The van der Waals surface area contributed by atoms with Gasteiger partial charge in [-0.3, -0.25) is 0 Å². The highest BCUT2D eigenvalue weighted by Gasteiger charge is 2.06. The second kappa shape index (κ2) is 7.14. The maximum atomic E-state index is 5.61. The van der Waals surface area contributed by atoms with Gasteiger partial charge in [0, 0.05) is 30.9 Å². The molecule has 104 valence electrons. The Bertz CT molecular complexity index is 487. The van der Waals surface area contributed by atoms with Crippen LogP contribution in [-0.2, 0) is 19.5 Å². The summed E-state index contributed by atoms with van der Waals surface area (Å²) in [6.45, 7) is 7.03. The summed E-state index contributed by atoms with van der Waals surface area (Å²) in [4.78, 5) is 4.38. The Morgan fingerprint density at radius 1 is 1.32 bits per heavy atom. The van der Waals surface area contributed by atoms with Crippen LogP contribution in [0.5, 0.6) is 0 Å². The van der Waals surface area contributed by atoms with Gasteiger partial charge in [0.15, 0.2) is 0 Å². The van der Waals surface area contributed by atoms with Crippen molar-refractivity contribution in [2.45, 2.75) is 46.2 Å². The van der Waals surface area contributed by atoms with Gasteiger partial charge in [0.1, 0.15) is 11.6 Å². The Morgan fingerprint density at radius 2 is 2.21 bits per heavy atom. The monoisotopic (exact) mass is 261 g/mol. The van der Waals surface area contributed by atoms with Gasteiger partial charge in [-0.05, 0) is 25.5 Å². The van der Waals surface area contributed by atoms with Crippen molar-refractivity contribution in [3.05, 3.63) is 41.9 Å². The third-order valence-corrected chi connectivity index (χ3v) is 3.07. The van der Waals surface area contributed by atoms with Crippen LogP contribution >= 0.6 is 0 Å². The zero-order chi connectivity index (χ0) is 13.5. The van der Waals surface area contributed by atoms with Gasteiger partial charge in [0.05, 0.1) is 12.8 Å². The molecule has 0 atom stereocenters. The Balaban J connectivity index is 1.93. The van der Waals surface area contributed by atoms with E-state index in [1.807, 2.05) is 18.7 Å². The minimum Gasteiger partial charge on any atom is -0.467 e. The fourth-order valence-electron chi connectivity index (χ4n) is 2.11. The molecule has 0 aliphatic heterocycles. The number of hydrogen-bond acceptors (Lipinski definition) is 3. The van der Waals surface area contributed by atoms with Crippen molar-refractivity contribution in [1.82, 2.24) is 14.9 Å². The molecule has 4 heteroatoms. The molecule has 19 heavy (non-hydrogen) atoms. The van der Waals surface area contributed by atoms with E-state index in [0.29, 0.717) is 0 Å². The number of furan rings is 1. The summed E-state index contributed by atoms with van der Waals surface area (Å²) < 4.78 is 7.77. The second-order valence-corrected chi connectivity index (χ2v) is 4.82. The van der Waals surface area contributed by atoms with Gasteiger partial charge in [-0.1, -0.05) is 13.8 Å². The van der Waals surface area contributed by atoms with Crippen molar-refractivity contribution in [2.75, 3.05) is 6.54 Å². The molecule has 0 aliphatic rings. The Morgan fingerprint density at radius 3 is 3.00 bits per heavy atom. The van der Waals surface area contributed by atoms with Crippen LogP contribution in [0.3, 0.4) is 0 Å². The molecule has 0 saturated carbocycles. The van der Waals surface area contributed by atoms with Crippen molar-refractivity contribution in [3.8, 4) is 0 Å². The van der Waals surface area contributed by atoms with Crippen LogP contribution < -0.4 is 5.32 Å². The third kappa shape index (κ3) is 3.96. The highest BCUT2D eigenvalue weighted by atomic mass is 16.3. The Hall–Kier alpha value is -1.55. The van der Waals surface area contributed by atoms with Crippen LogP contribution in [0.4, 0.5) is 0 Å². The summed E-state index contributed by atoms with van der Waals surface area (Å²) in [6, 6.07) is 2.12. The van der Waals surface area contributed by atoms with Gasteiger partial charge in [-0.2, -0.15) is 0 Å². The van der Waals surface area contributed by atoms with Crippen molar-refractivity contribution in [2.24, 2.45) is 0 Å². The lowest BCUT2D eigenvalue weighted by Gasteiger charge is -2.04. The van der Waals surface area contributed by atoms with Crippen LogP contribution in [0.25, 0.3) is 0 Å². The number of hydrogen-bond donors (Lipinski definition) is 1. The molecule has 0 bridgehead atoms. The van der Waals surface area contributed by atoms with Crippen LogP contribution in [0.15, 0.2) is 29.1 Å². The lowest BCUT2D eigenvalue weighted by molar-refractivity contribution is 0.486. The molecule has 0 unspecified atom stereocenters. The lowest BCUT2D eigenvalue weighted by atomic mass is 10.3. The number of nitrogens with one attached hydrogen (secondary N) is 1. The summed E-state index contributed by atoms with van der Waals surface area (Å²) in [5.41, 5.74) is 1.21. The van der Waals surface area contributed by atoms with Gasteiger partial charge in [-0.25, -0.2) is 4.98 Å². The van der Waals surface area contributed by atoms with Gasteiger partial charge < -0.3 is 14.3 Å². The van der Waals surface area contributed by atoms with E-state index in [1.165, 1.54) is 5.56 Å². The minimum atomic E-state index is 0.767. The highest BCUT2D eigenvalue weighted by molar-refractivity contribution is 5.13. The largest absolute Gasteiger partial charge is 0.467 e. The SMILES string of the molecule is CCCNCc1coc(Cn2ccnc2CCC)c1. The summed E-state index contributed by atoms with van der Waals surface area (Å²) in [5.74, 6) is 2.12. The van der Waals surface area contributed by atoms with E-state index in [1.54, 1.807) is 0 Å². The number of aromatic nitrogens is 2. The molecule has 0 radical (unpaired) electrons. The molecule has 0 aromatic carbocycles. The van der Waals surface area contributed by atoms with Gasteiger partial charge in [0.25, 0.3) is 0 Å². The number of rotatable bonds is 8. The molecule has 0 aliphatic carbocycles. The fraction of sp³-hybridized carbons (Fsp3) is 0.533. The van der Waals surface area contributed by atoms with E-state index >= 15 is 0 Å². The van der Waals surface area contributed by atoms with Crippen LogP contribution in [0.2, 0.25) is 0 Å². The van der Waals surface area contributed by atoms with Crippen molar-refractivity contribution < 1.29 is 4.42 Å². The first-order chi connectivity index (χ1) is 9.33. The van der Waals surface area contributed by atoms with Crippen LogP contribution in [0, 0.1) is 0 Å². The van der Waals surface area contributed by atoms with Gasteiger partial charge in [0.2, 0.25) is 0 Å². The maximum Gasteiger partial charge on any atom is 0.123 e. The molecule has 0 amide bonds. The predicted molar refractivity (Wildman–Crippen MR) is 76.0 cm³/mol. The quantitative estimate of drug-likeness (QED) is 0.743. The summed E-state index contributed by atoms with van der Waals surface area (Å²) in [5, 5.41) is 3.38. The van der Waals surface area contributed by atoms with E-state index in [4.69, 9.17) is 4.42 Å². The number of imidazole rings is 1. The average molecular weight is 261 g/mol. The molecular formula is C15H23N3O. The molecule has 0 saturated heterocycles. The first-order valence-electron chi connectivity index (χ1n) is 7.10. The maximum absolute atomic E-state index is 5.61. The molecular weight excluding hydrogens is 238 g/mol. The number of nitrogens with zero attached hydrogens (tertiary/aromatic N) is 2. The minimum absolute atomic E-state index is 0.767. The number of aryl methyl sites for hydroxylation is 1. The molecule has 2 heterocycles. The summed E-state index contributed by atoms with van der Waals surface area (Å²) >= 11 is 0. The fourth-order valence-corrected chi connectivity index (χ4v) is 2.11. The highest BCUT2D eigenvalue weighted by Crippen LogP contribution is 2.11. The molecule has 0 fully saturated rings. The van der Waals surface area contributed by atoms with Crippen molar-refractivity contribution >= 4 is 0 Å². The van der Waals surface area contributed by atoms with E-state index < -0.39 is 0 Å². The lowest BCUT2D eigenvalue weighted by Crippen LogP contribution is -2.13. The first-order valence-corrected chi connectivity index (χ1v) is 7.10. The smallest absolute Gasteiger partial charge is 0.123 e. The molecule has 1 N–H and O–H groups in total. The Kier molecular flexibility index (Phi) is 5.21. The van der Waals surface area contributed by atoms with Gasteiger partial charge in [-0.15, -0.1) is 0 Å². The summed E-state index contributed by atoms with van der Waals surface area (Å²) in [7, 11) is 0. The van der Waals surface area contributed by atoms with E-state index in [0.717, 1.165) is 50.5 Å². The van der Waals surface area contributed by atoms with Crippen LogP contribution in [-0.4, -0.2) is 16.1 Å². The molecule has 0 spiro atoms. The van der Waals surface area contributed by atoms with E-state index in [9.17, 15) is 0 Å².